The smallest absolute Gasteiger partial charge is 0.0945 e. The molecule has 0 aliphatic rings. The van der Waals surface area contributed by atoms with Gasteiger partial charge in [0.15, 0.2) is 0 Å². The van der Waals surface area contributed by atoms with E-state index in [1.807, 2.05) is 11.6 Å². The Labute approximate surface area is 78.4 Å². The SMILES string of the molecule is CC#C[C@H](c1cncn1C)C(C)O. The van der Waals surface area contributed by atoms with Gasteiger partial charge in [0.05, 0.1) is 24.0 Å². The molecule has 1 unspecified atom stereocenters. The molecule has 1 rings (SSSR count). The summed E-state index contributed by atoms with van der Waals surface area (Å²) in [6, 6.07) is 0. The van der Waals surface area contributed by atoms with Crippen LogP contribution in [0.3, 0.4) is 0 Å². The topological polar surface area (TPSA) is 38.0 Å². The molecule has 3 nitrogen and oxygen atoms in total. The third kappa shape index (κ3) is 2.10. The maximum atomic E-state index is 9.50. The Balaban J connectivity index is 2.99. The average Bonchev–Trinajstić information content (AvgIpc) is 2.47. The Morgan fingerprint density at radius 1 is 1.62 bits per heavy atom. The van der Waals surface area contributed by atoms with E-state index in [1.165, 1.54) is 0 Å². The summed E-state index contributed by atoms with van der Waals surface area (Å²) < 4.78 is 1.88. The second kappa shape index (κ2) is 4.11. The molecule has 0 aromatic carbocycles. The first-order chi connectivity index (χ1) is 6.16. The van der Waals surface area contributed by atoms with Crippen LogP contribution in [0.5, 0.6) is 0 Å². The predicted octanol–water partition coefficient (Wildman–Crippen LogP) is 0.908. The monoisotopic (exact) mass is 178 g/mol. The van der Waals surface area contributed by atoms with E-state index in [0.29, 0.717) is 0 Å². The largest absolute Gasteiger partial charge is 0.392 e. The molecule has 0 saturated carbocycles. The van der Waals surface area contributed by atoms with Crippen LogP contribution < -0.4 is 0 Å². The molecule has 0 aliphatic heterocycles. The Morgan fingerprint density at radius 3 is 2.69 bits per heavy atom. The minimum atomic E-state index is -0.470. The molecule has 0 fully saturated rings. The lowest BCUT2D eigenvalue weighted by Gasteiger charge is -2.13. The number of aliphatic hydroxyl groups excluding tert-OH is 1. The molecule has 0 saturated heterocycles. The highest BCUT2D eigenvalue weighted by Gasteiger charge is 2.17. The average molecular weight is 178 g/mol. The molecule has 70 valence electrons. The third-order valence-electron chi connectivity index (χ3n) is 1.95. The summed E-state index contributed by atoms with van der Waals surface area (Å²) in [7, 11) is 1.90. The number of aryl methyl sites for hydroxylation is 1. The van der Waals surface area contributed by atoms with Gasteiger partial charge in [0.1, 0.15) is 0 Å². The fraction of sp³-hybridized carbons (Fsp3) is 0.500. The highest BCUT2D eigenvalue weighted by molar-refractivity contribution is 5.21. The first kappa shape index (κ1) is 9.82. The van der Waals surface area contributed by atoms with Crippen LogP contribution >= 0.6 is 0 Å². The number of imidazole rings is 1. The minimum absolute atomic E-state index is 0.141. The summed E-state index contributed by atoms with van der Waals surface area (Å²) >= 11 is 0. The molecule has 1 aromatic rings. The van der Waals surface area contributed by atoms with E-state index in [0.717, 1.165) is 5.69 Å². The van der Waals surface area contributed by atoms with Crippen LogP contribution in [0.2, 0.25) is 0 Å². The van der Waals surface area contributed by atoms with E-state index < -0.39 is 6.10 Å². The van der Waals surface area contributed by atoms with Gasteiger partial charge in [0, 0.05) is 13.2 Å². The lowest BCUT2D eigenvalue weighted by Crippen LogP contribution is -2.15. The van der Waals surface area contributed by atoms with Gasteiger partial charge < -0.3 is 9.67 Å². The van der Waals surface area contributed by atoms with Gasteiger partial charge in [0.2, 0.25) is 0 Å². The molecule has 0 spiro atoms. The van der Waals surface area contributed by atoms with Crippen molar-refractivity contribution in [2.24, 2.45) is 7.05 Å². The zero-order valence-electron chi connectivity index (χ0n) is 8.15. The fourth-order valence-electron chi connectivity index (χ4n) is 1.26. The first-order valence-electron chi connectivity index (χ1n) is 4.23. The van der Waals surface area contributed by atoms with Crippen LogP contribution in [-0.2, 0) is 7.05 Å². The normalized spacial score (nSPS) is 14.5. The Morgan fingerprint density at radius 2 is 2.31 bits per heavy atom. The van der Waals surface area contributed by atoms with Gasteiger partial charge in [0.25, 0.3) is 0 Å². The van der Waals surface area contributed by atoms with Gasteiger partial charge in [-0.25, -0.2) is 4.98 Å². The molecule has 2 atom stereocenters. The summed E-state index contributed by atoms with van der Waals surface area (Å²) in [6.07, 6.45) is 2.98. The molecular weight excluding hydrogens is 164 g/mol. The lowest BCUT2D eigenvalue weighted by atomic mass is 10.0. The van der Waals surface area contributed by atoms with Crippen LogP contribution in [0, 0.1) is 11.8 Å². The highest BCUT2D eigenvalue weighted by atomic mass is 16.3. The molecule has 0 bridgehead atoms. The van der Waals surface area contributed by atoms with E-state index in [1.54, 1.807) is 26.4 Å². The van der Waals surface area contributed by atoms with Gasteiger partial charge in [-0.3, -0.25) is 0 Å². The molecule has 0 aliphatic carbocycles. The first-order valence-corrected chi connectivity index (χ1v) is 4.23. The van der Waals surface area contributed by atoms with Crippen molar-refractivity contribution < 1.29 is 5.11 Å². The van der Waals surface area contributed by atoms with Gasteiger partial charge in [-0.05, 0) is 13.8 Å². The maximum absolute atomic E-state index is 9.50. The summed E-state index contributed by atoms with van der Waals surface area (Å²) in [5.41, 5.74) is 0.948. The Bertz CT molecular complexity index is 330. The Kier molecular flexibility index (Phi) is 3.10. The number of rotatable bonds is 2. The molecule has 0 radical (unpaired) electrons. The fourth-order valence-corrected chi connectivity index (χ4v) is 1.26. The summed E-state index contributed by atoms with van der Waals surface area (Å²) in [5.74, 6) is 5.64. The van der Waals surface area contributed by atoms with E-state index in [9.17, 15) is 5.11 Å². The summed E-state index contributed by atoms with van der Waals surface area (Å²) in [5, 5.41) is 9.50. The zero-order chi connectivity index (χ0) is 9.84. The van der Waals surface area contributed by atoms with E-state index in [-0.39, 0.29) is 5.92 Å². The molecule has 1 aromatic heterocycles. The standard InChI is InChI=1S/C10H14N2O/c1-4-5-9(8(2)13)10-6-11-7-12(10)3/h6-9,13H,1-3H3/t8?,9-/m0/s1. The van der Waals surface area contributed by atoms with Crippen LogP contribution in [0.4, 0.5) is 0 Å². The molecule has 13 heavy (non-hydrogen) atoms. The van der Waals surface area contributed by atoms with Gasteiger partial charge >= 0.3 is 0 Å². The van der Waals surface area contributed by atoms with Crippen LogP contribution in [-0.4, -0.2) is 20.8 Å². The molecular formula is C10H14N2O. The minimum Gasteiger partial charge on any atom is -0.392 e. The van der Waals surface area contributed by atoms with Crippen molar-refractivity contribution in [1.82, 2.24) is 9.55 Å². The predicted molar refractivity (Wildman–Crippen MR) is 51.1 cm³/mol. The Hall–Kier alpha value is -1.27. The van der Waals surface area contributed by atoms with Crippen molar-refractivity contribution in [2.45, 2.75) is 25.9 Å². The van der Waals surface area contributed by atoms with Crippen molar-refractivity contribution in [3.8, 4) is 11.8 Å². The summed E-state index contributed by atoms with van der Waals surface area (Å²) in [4.78, 5) is 3.99. The molecule has 0 amide bonds. The quantitative estimate of drug-likeness (QED) is 0.683. The maximum Gasteiger partial charge on any atom is 0.0945 e. The van der Waals surface area contributed by atoms with E-state index >= 15 is 0 Å². The van der Waals surface area contributed by atoms with E-state index in [4.69, 9.17) is 0 Å². The number of nitrogens with zero attached hydrogens (tertiary/aromatic N) is 2. The van der Waals surface area contributed by atoms with Crippen molar-refractivity contribution in [1.29, 1.82) is 0 Å². The summed E-state index contributed by atoms with van der Waals surface area (Å²) in [6.45, 7) is 3.51. The van der Waals surface area contributed by atoms with Crippen molar-refractivity contribution in [3.63, 3.8) is 0 Å². The number of aliphatic hydroxyl groups is 1. The van der Waals surface area contributed by atoms with Gasteiger partial charge in [-0.2, -0.15) is 0 Å². The van der Waals surface area contributed by atoms with Gasteiger partial charge in [-0.15, -0.1) is 5.92 Å². The number of hydrogen-bond donors (Lipinski definition) is 1. The van der Waals surface area contributed by atoms with Crippen LogP contribution in [0.25, 0.3) is 0 Å². The molecule has 1 N–H and O–H groups in total. The highest BCUT2D eigenvalue weighted by Crippen LogP contribution is 2.17. The van der Waals surface area contributed by atoms with Gasteiger partial charge in [-0.1, -0.05) is 5.92 Å². The third-order valence-corrected chi connectivity index (χ3v) is 1.95. The molecule has 3 heteroatoms. The van der Waals surface area contributed by atoms with Crippen molar-refractivity contribution >= 4 is 0 Å². The molecule has 1 heterocycles. The van der Waals surface area contributed by atoms with Crippen molar-refractivity contribution in [3.05, 3.63) is 18.2 Å². The van der Waals surface area contributed by atoms with Crippen LogP contribution in [0.15, 0.2) is 12.5 Å². The second-order valence-corrected chi connectivity index (χ2v) is 3.04. The lowest BCUT2D eigenvalue weighted by molar-refractivity contribution is 0.179. The van der Waals surface area contributed by atoms with E-state index in [2.05, 4.69) is 16.8 Å². The van der Waals surface area contributed by atoms with Crippen LogP contribution in [0.1, 0.15) is 25.5 Å². The second-order valence-electron chi connectivity index (χ2n) is 3.04. The zero-order valence-corrected chi connectivity index (χ0v) is 8.15. The number of hydrogen-bond acceptors (Lipinski definition) is 2. The van der Waals surface area contributed by atoms with Crippen molar-refractivity contribution in [2.75, 3.05) is 0 Å². The number of aromatic nitrogens is 2.